The van der Waals surface area contributed by atoms with Crippen molar-refractivity contribution < 1.29 is 17.4 Å². The fraction of sp³-hybridized carbons (Fsp3) is 0.0909. The maximum Gasteiger partial charge on any atom is 0.479 e. The molecular formula is C11H7F3OS. The van der Waals surface area contributed by atoms with E-state index in [1.165, 1.54) is 6.07 Å². The van der Waals surface area contributed by atoms with E-state index >= 15 is 0 Å². The van der Waals surface area contributed by atoms with Gasteiger partial charge < -0.3 is 4.18 Å². The van der Waals surface area contributed by atoms with Crippen molar-refractivity contribution in [2.75, 3.05) is 0 Å². The number of fused-ring (bicyclic) bond motifs is 1. The molecule has 2 rings (SSSR count). The Morgan fingerprint density at radius 3 is 2.38 bits per heavy atom. The smallest absolute Gasteiger partial charge is 0.416 e. The van der Waals surface area contributed by atoms with Crippen molar-refractivity contribution in [3.8, 4) is 5.75 Å². The molecule has 0 aliphatic heterocycles. The standard InChI is InChI=1S/C11H7F3OS/c12-11(13,14)16-15-10-7-3-5-8-4-1-2-6-9(8)10/h1-7H. The molecule has 0 unspecified atom stereocenters. The molecule has 0 fully saturated rings. The van der Waals surface area contributed by atoms with Gasteiger partial charge in [-0.15, -0.1) is 0 Å². The van der Waals surface area contributed by atoms with Gasteiger partial charge in [-0.3, -0.25) is 0 Å². The average molecular weight is 244 g/mol. The lowest BCUT2D eigenvalue weighted by Gasteiger charge is -2.08. The van der Waals surface area contributed by atoms with Crippen LogP contribution in [0.1, 0.15) is 0 Å². The zero-order chi connectivity index (χ0) is 11.6. The fourth-order valence-corrected chi connectivity index (χ4v) is 1.69. The Kier molecular flexibility index (Phi) is 2.96. The van der Waals surface area contributed by atoms with E-state index in [9.17, 15) is 13.2 Å². The first-order valence-electron chi connectivity index (χ1n) is 4.46. The summed E-state index contributed by atoms with van der Waals surface area (Å²) in [6.07, 6.45) is 0. The largest absolute Gasteiger partial charge is 0.479 e. The first kappa shape index (κ1) is 11.1. The highest BCUT2D eigenvalue weighted by Gasteiger charge is 2.31. The Morgan fingerprint density at radius 1 is 0.938 bits per heavy atom. The third kappa shape index (κ3) is 2.61. The van der Waals surface area contributed by atoms with Gasteiger partial charge >= 0.3 is 5.51 Å². The van der Waals surface area contributed by atoms with Crippen LogP contribution in [-0.4, -0.2) is 5.51 Å². The van der Waals surface area contributed by atoms with Crippen LogP contribution in [0, 0.1) is 0 Å². The first-order chi connectivity index (χ1) is 7.56. The SMILES string of the molecule is FC(F)(F)SOc1cccc2ccccc12. The number of hydrogen-bond donors (Lipinski definition) is 0. The zero-order valence-electron chi connectivity index (χ0n) is 7.99. The summed E-state index contributed by atoms with van der Waals surface area (Å²) in [5, 5.41) is 1.52. The molecule has 0 aliphatic carbocycles. The van der Waals surface area contributed by atoms with Crippen LogP contribution in [0.25, 0.3) is 10.8 Å². The van der Waals surface area contributed by atoms with Crippen LogP contribution >= 0.6 is 12.0 Å². The van der Waals surface area contributed by atoms with Gasteiger partial charge in [-0.05, 0) is 11.5 Å². The van der Waals surface area contributed by atoms with E-state index in [0.29, 0.717) is 5.39 Å². The van der Waals surface area contributed by atoms with E-state index in [0.717, 1.165) is 5.39 Å². The fourth-order valence-electron chi connectivity index (χ4n) is 1.36. The van der Waals surface area contributed by atoms with Gasteiger partial charge in [0.15, 0.2) is 12.0 Å². The highest BCUT2D eigenvalue weighted by molar-refractivity contribution is 7.95. The molecule has 0 amide bonds. The van der Waals surface area contributed by atoms with Crippen LogP contribution in [-0.2, 0) is 0 Å². The van der Waals surface area contributed by atoms with Gasteiger partial charge in [-0.25, -0.2) is 0 Å². The summed E-state index contributed by atoms with van der Waals surface area (Å²) in [5.74, 6) is 0.223. The monoisotopic (exact) mass is 244 g/mol. The van der Waals surface area contributed by atoms with Crippen LogP contribution in [0.2, 0.25) is 0 Å². The van der Waals surface area contributed by atoms with E-state index in [-0.39, 0.29) is 5.75 Å². The summed E-state index contributed by atoms with van der Waals surface area (Å²) in [6, 6.07) is 12.1. The minimum atomic E-state index is -4.39. The van der Waals surface area contributed by atoms with Crippen LogP contribution in [0.4, 0.5) is 13.2 Å². The van der Waals surface area contributed by atoms with E-state index < -0.39 is 17.6 Å². The lowest BCUT2D eigenvalue weighted by atomic mass is 10.1. The molecule has 0 atom stereocenters. The molecule has 0 saturated carbocycles. The summed E-state index contributed by atoms with van der Waals surface area (Å²) in [7, 11) is 0. The predicted molar refractivity (Wildman–Crippen MR) is 58.2 cm³/mol. The van der Waals surface area contributed by atoms with Crippen molar-refractivity contribution in [3.63, 3.8) is 0 Å². The number of benzene rings is 2. The molecule has 84 valence electrons. The Bertz CT molecular complexity index is 491. The molecule has 1 nitrogen and oxygen atoms in total. The van der Waals surface area contributed by atoms with Gasteiger partial charge in [0.1, 0.15) is 5.75 Å². The van der Waals surface area contributed by atoms with Gasteiger partial charge in [-0.2, -0.15) is 13.2 Å². The molecule has 0 aliphatic rings. The second-order valence-corrected chi connectivity index (χ2v) is 3.89. The van der Waals surface area contributed by atoms with Crippen molar-refractivity contribution in [1.82, 2.24) is 0 Å². The van der Waals surface area contributed by atoms with Gasteiger partial charge in [0.05, 0.1) is 0 Å². The molecule has 16 heavy (non-hydrogen) atoms. The van der Waals surface area contributed by atoms with Gasteiger partial charge in [0, 0.05) is 5.39 Å². The normalized spacial score (nSPS) is 11.7. The molecule has 2 aromatic rings. The number of hydrogen-bond acceptors (Lipinski definition) is 2. The third-order valence-corrected chi connectivity index (χ3v) is 2.43. The molecule has 5 heteroatoms. The number of halogens is 3. The van der Waals surface area contributed by atoms with E-state index in [1.54, 1.807) is 18.2 Å². The molecule has 0 heterocycles. The summed E-state index contributed by atoms with van der Waals surface area (Å²) in [4.78, 5) is 0. The molecule has 0 spiro atoms. The Balaban J connectivity index is 2.30. The summed E-state index contributed by atoms with van der Waals surface area (Å²) in [5.41, 5.74) is -4.39. The second kappa shape index (κ2) is 4.25. The summed E-state index contributed by atoms with van der Waals surface area (Å²) >= 11 is -0.498. The molecule has 0 bridgehead atoms. The van der Waals surface area contributed by atoms with Crippen LogP contribution in [0.5, 0.6) is 5.75 Å². The van der Waals surface area contributed by atoms with Crippen molar-refractivity contribution >= 4 is 22.8 Å². The quantitative estimate of drug-likeness (QED) is 0.725. The first-order valence-corrected chi connectivity index (χ1v) is 5.20. The van der Waals surface area contributed by atoms with E-state index in [4.69, 9.17) is 0 Å². The molecule has 0 radical (unpaired) electrons. The second-order valence-electron chi connectivity index (χ2n) is 3.09. The molecular weight excluding hydrogens is 237 g/mol. The van der Waals surface area contributed by atoms with Crippen molar-refractivity contribution in [2.45, 2.75) is 5.51 Å². The average Bonchev–Trinajstić information content (AvgIpc) is 2.25. The molecule has 0 saturated heterocycles. The van der Waals surface area contributed by atoms with Crippen LogP contribution in [0.3, 0.4) is 0 Å². The summed E-state index contributed by atoms with van der Waals surface area (Å²) < 4.78 is 40.6. The van der Waals surface area contributed by atoms with E-state index in [1.807, 2.05) is 18.2 Å². The molecule has 2 aromatic carbocycles. The highest BCUT2D eigenvalue weighted by atomic mass is 32.2. The van der Waals surface area contributed by atoms with Gasteiger partial charge in [0.2, 0.25) is 0 Å². The third-order valence-electron chi connectivity index (χ3n) is 1.98. The minimum absolute atomic E-state index is 0.223. The molecule has 0 N–H and O–H groups in total. The maximum atomic E-state index is 12.0. The summed E-state index contributed by atoms with van der Waals surface area (Å²) in [6.45, 7) is 0. The van der Waals surface area contributed by atoms with Crippen LogP contribution in [0.15, 0.2) is 42.5 Å². The highest BCUT2D eigenvalue weighted by Crippen LogP contribution is 2.35. The predicted octanol–water partition coefficient (Wildman–Crippen LogP) is 4.39. The van der Waals surface area contributed by atoms with E-state index in [2.05, 4.69) is 4.18 Å². The Morgan fingerprint density at radius 2 is 1.62 bits per heavy atom. The van der Waals surface area contributed by atoms with Crippen molar-refractivity contribution in [2.24, 2.45) is 0 Å². The minimum Gasteiger partial charge on any atom is -0.416 e. The maximum absolute atomic E-state index is 12.0. The lowest BCUT2D eigenvalue weighted by molar-refractivity contribution is -0.0369. The number of alkyl halides is 3. The topological polar surface area (TPSA) is 9.23 Å². The Hall–Kier alpha value is -1.36. The van der Waals surface area contributed by atoms with Gasteiger partial charge in [-0.1, -0.05) is 36.4 Å². The van der Waals surface area contributed by atoms with Crippen molar-refractivity contribution in [3.05, 3.63) is 42.5 Å². The van der Waals surface area contributed by atoms with Crippen LogP contribution < -0.4 is 4.18 Å². The zero-order valence-corrected chi connectivity index (χ0v) is 8.81. The molecule has 0 aromatic heterocycles. The number of rotatable bonds is 2. The van der Waals surface area contributed by atoms with Crippen molar-refractivity contribution in [1.29, 1.82) is 0 Å². The van der Waals surface area contributed by atoms with Gasteiger partial charge in [0.25, 0.3) is 0 Å². The lowest BCUT2D eigenvalue weighted by Crippen LogP contribution is -2.02. The Labute approximate surface area is 94.4 Å².